The Kier molecular flexibility index (Phi) is 6.54. The lowest BCUT2D eigenvalue weighted by atomic mass is 10.0. The number of amides is 2. The molecule has 0 aliphatic heterocycles. The summed E-state index contributed by atoms with van der Waals surface area (Å²) in [4.78, 5) is 30.7. The minimum atomic E-state index is -0.364. The van der Waals surface area contributed by atoms with Crippen LogP contribution in [0, 0.1) is 12.8 Å². The Morgan fingerprint density at radius 1 is 0.939 bits per heavy atom. The molecule has 1 heterocycles. The van der Waals surface area contributed by atoms with Crippen LogP contribution in [0.1, 0.15) is 41.6 Å². The molecule has 6 heteroatoms. The summed E-state index contributed by atoms with van der Waals surface area (Å²) in [5.74, 6) is 0.405. The van der Waals surface area contributed by atoms with Crippen molar-refractivity contribution in [3.05, 3.63) is 95.8 Å². The van der Waals surface area contributed by atoms with E-state index in [1.165, 1.54) is 0 Å². The molecule has 168 valence electrons. The molecule has 0 aliphatic rings. The summed E-state index contributed by atoms with van der Waals surface area (Å²) in [6.07, 6.45) is 0. The second-order valence-electron chi connectivity index (χ2n) is 8.52. The Hall–Kier alpha value is -3.93. The minimum absolute atomic E-state index is 0.0630. The fourth-order valence-electron chi connectivity index (χ4n) is 3.91. The molecule has 2 amide bonds. The van der Waals surface area contributed by atoms with Crippen LogP contribution in [0.15, 0.2) is 78.9 Å². The first-order chi connectivity index (χ1) is 15.9. The number of para-hydroxylation sites is 2. The standard InChI is InChI=1S/C27H28N4O2/c1-18(2)25(30-27(33)20-11-5-4-6-12-20)26-29-22-14-7-8-15-23(22)31(26)17-24(32)28-21-13-9-10-19(3)16-21/h4-16,18,25H,17H2,1-3H3,(H,28,32)(H,30,33). The maximum Gasteiger partial charge on any atom is 0.251 e. The van der Waals surface area contributed by atoms with E-state index >= 15 is 0 Å². The predicted molar refractivity (Wildman–Crippen MR) is 131 cm³/mol. The third-order valence-corrected chi connectivity index (χ3v) is 5.56. The molecule has 0 bridgehead atoms. The quantitative estimate of drug-likeness (QED) is 0.419. The number of hydrogen-bond acceptors (Lipinski definition) is 3. The lowest BCUT2D eigenvalue weighted by Crippen LogP contribution is -2.34. The van der Waals surface area contributed by atoms with Crippen molar-refractivity contribution in [2.75, 3.05) is 5.32 Å². The number of nitrogens with one attached hydrogen (secondary N) is 2. The van der Waals surface area contributed by atoms with E-state index in [0.717, 1.165) is 22.3 Å². The van der Waals surface area contributed by atoms with Gasteiger partial charge < -0.3 is 15.2 Å². The van der Waals surface area contributed by atoms with Gasteiger partial charge in [-0.05, 0) is 54.8 Å². The van der Waals surface area contributed by atoms with Crippen LogP contribution in [-0.4, -0.2) is 21.4 Å². The molecule has 3 aromatic carbocycles. The number of anilines is 1. The zero-order valence-corrected chi connectivity index (χ0v) is 19.1. The van der Waals surface area contributed by atoms with E-state index in [4.69, 9.17) is 4.98 Å². The number of carbonyl (C=O) groups excluding carboxylic acids is 2. The van der Waals surface area contributed by atoms with E-state index in [9.17, 15) is 9.59 Å². The van der Waals surface area contributed by atoms with Gasteiger partial charge in [-0.1, -0.05) is 56.3 Å². The van der Waals surface area contributed by atoms with Crippen LogP contribution in [0.4, 0.5) is 5.69 Å². The first kappa shape index (κ1) is 22.3. The third-order valence-electron chi connectivity index (χ3n) is 5.56. The largest absolute Gasteiger partial charge is 0.342 e. The SMILES string of the molecule is Cc1cccc(NC(=O)Cn2c(C(NC(=O)c3ccccc3)C(C)C)nc3ccccc32)c1. The van der Waals surface area contributed by atoms with Gasteiger partial charge in [-0.25, -0.2) is 4.98 Å². The number of hydrogen-bond donors (Lipinski definition) is 2. The molecule has 2 N–H and O–H groups in total. The van der Waals surface area contributed by atoms with E-state index in [1.807, 2.05) is 92.1 Å². The van der Waals surface area contributed by atoms with Crippen LogP contribution >= 0.6 is 0 Å². The van der Waals surface area contributed by atoms with E-state index in [1.54, 1.807) is 12.1 Å². The molecule has 0 spiro atoms. The van der Waals surface area contributed by atoms with E-state index < -0.39 is 0 Å². The van der Waals surface area contributed by atoms with Gasteiger partial charge >= 0.3 is 0 Å². The van der Waals surface area contributed by atoms with Gasteiger partial charge in [0.2, 0.25) is 5.91 Å². The molecule has 33 heavy (non-hydrogen) atoms. The molecule has 4 aromatic rings. The summed E-state index contributed by atoms with van der Waals surface area (Å²) < 4.78 is 1.90. The first-order valence-electron chi connectivity index (χ1n) is 11.1. The summed E-state index contributed by atoms with van der Waals surface area (Å²) in [7, 11) is 0. The highest BCUT2D eigenvalue weighted by molar-refractivity contribution is 5.94. The van der Waals surface area contributed by atoms with Gasteiger partial charge in [0.05, 0.1) is 17.1 Å². The maximum absolute atomic E-state index is 13.0. The second-order valence-corrected chi connectivity index (χ2v) is 8.52. The summed E-state index contributed by atoms with van der Waals surface area (Å²) in [5.41, 5.74) is 4.05. The van der Waals surface area contributed by atoms with Gasteiger partial charge in [-0.2, -0.15) is 0 Å². The minimum Gasteiger partial charge on any atom is -0.342 e. The average Bonchev–Trinajstić information content (AvgIpc) is 3.15. The summed E-state index contributed by atoms with van der Waals surface area (Å²) in [6.45, 7) is 6.15. The van der Waals surface area contributed by atoms with Gasteiger partial charge in [0.25, 0.3) is 5.91 Å². The number of nitrogens with zero attached hydrogens (tertiary/aromatic N) is 2. The lowest BCUT2D eigenvalue weighted by Gasteiger charge is -2.23. The molecule has 6 nitrogen and oxygen atoms in total. The number of aryl methyl sites for hydroxylation is 1. The fraction of sp³-hybridized carbons (Fsp3) is 0.222. The van der Waals surface area contributed by atoms with E-state index in [0.29, 0.717) is 11.4 Å². The fourth-order valence-corrected chi connectivity index (χ4v) is 3.91. The molecule has 0 saturated carbocycles. The predicted octanol–water partition coefficient (Wildman–Crippen LogP) is 5.11. The van der Waals surface area contributed by atoms with Crippen molar-refractivity contribution in [3.8, 4) is 0 Å². The van der Waals surface area contributed by atoms with Gasteiger partial charge in [0, 0.05) is 11.3 Å². The van der Waals surface area contributed by atoms with Crippen LogP contribution < -0.4 is 10.6 Å². The van der Waals surface area contributed by atoms with Gasteiger partial charge in [0.1, 0.15) is 12.4 Å². The van der Waals surface area contributed by atoms with E-state index in [-0.39, 0.29) is 30.3 Å². The van der Waals surface area contributed by atoms with Crippen molar-refractivity contribution in [2.45, 2.75) is 33.4 Å². The Morgan fingerprint density at radius 3 is 2.39 bits per heavy atom. The normalized spacial score (nSPS) is 12.0. The molecule has 1 aromatic heterocycles. The second kappa shape index (κ2) is 9.69. The zero-order chi connectivity index (χ0) is 23.4. The van der Waals surface area contributed by atoms with Crippen molar-refractivity contribution in [2.24, 2.45) is 5.92 Å². The van der Waals surface area contributed by atoms with Crippen molar-refractivity contribution in [3.63, 3.8) is 0 Å². The van der Waals surface area contributed by atoms with Gasteiger partial charge in [0.15, 0.2) is 0 Å². The first-order valence-corrected chi connectivity index (χ1v) is 11.1. The summed E-state index contributed by atoms with van der Waals surface area (Å²) in [6, 6.07) is 24.2. The molecule has 4 rings (SSSR count). The van der Waals surface area contributed by atoms with Crippen molar-refractivity contribution < 1.29 is 9.59 Å². The molecule has 0 aliphatic carbocycles. The number of rotatable bonds is 7. The van der Waals surface area contributed by atoms with Crippen LogP contribution in [-0.2, 0) is 11.3 Å². The number of aromatic nitrogens is 2. The Labute approximate surface area is 193 Å². The molecule has 1 atom stereocenters. The third kappa shape index (κ3) is 5.12. The molecular weight excluding hydrogens is 412 g/mol. The number of benzene rings is 3. The van der Waals surface area contributed by atoms with Crippen LogP contribution in [0.2, 0.25) is 0 Å². The molecule has 0 saturated heterocycles. The van der Waals surface area contributed by atoms with Crippen molar-refractivity contribution >= 4 is 28.5 Å². The van der Waals surface area contributed by atoms with Crippen LogP contribution in [0.25, 0.3) is 11.0 Å². The molecular formula is C27H28N4O2. The smallest absolute Gasteiger partial charge is 0.251 e. The summed E-state index contributed by atoms with van der Waals surface area (Å²) in [5, 5.41) is 6.10. The van der Waals surface area contributed by atoms with Crippen LogP contribution in [0.5, 0.6) is 0 Å². The zero-order valence-electron chi connectivity index (χ0n) is 19.1. The topological polar surface area (TPSA) is 76.0 Å². The van der Waals surface area contributed by atoms with E-state index in [2.05, 4.69) is 10.6 Å². The lowest BCUT2D eigenvalue weighted by molar-refractivity contribution is -0.116. The molecule has 0 fully saturated rings. The Bertz CT molecular complexity index is 1280. The van der Waals surface area contributed by atoms with Crippen molar-refractivity contribution in [1.82, 2.24) is 14.9 Å². The highest BCUT2D eigenvalue weighted by atomic mass is 16.2. The number of fused-ring (bicyclic) bond motifs is 1. The number of carbonyl (C=O) groups is 2. The maximum atomic E-state index is 13.0. The monoisotopic (exact) mass is 440 g/mol. The van der Waals surface area contributed by atoms with Gasteiger partial charge in [-0.3, -0.25) is 9.59 Å². The average molecular weight is 441 g/mol. The highest BCUT2D eigenvalue weighted by Gasteiger charge is 2.26. The molecule has 1 unspecified atom stereocenters. The number of imidazole rings is 1. The van der Waals surface area contributed by atoms with Gasteiger partial charge in [-0.15, -0.1) is 0 Å². The molecule has 0 radical (unpaired) electrons. The van der Waals surface area contributed by atoms with Crippen LogP contribution in [0.3, 0.4) is 0 Å². The highest BCUT2D eigenvalue weighted by Crippen LogP contribution is 2.26. The Morgan fingerprint density at radius 2 is 1.67 bits per heavy atom. The van der Waals surface area contributed by atoms with Crippen molar-refractivity contribution in [1.29, 1.82) is 0 Å². The Balaban J connectivity index is 1.66. The summed E-state index contributed by atoms with van der Waals surface area (Å²) >= 11 is 0.